The lowest BCUT2D eigenvalue weighted by atomic mass is 9.74. The van der Waals surface area contributed by atoms with Crippen LogP contribution in [-0.2, 0) is 9.59 Å². The summed E-state index contributed by atoms with van der Waals surface area (Å²) in [6.07, 6.45) is 1.41. The van der Waals surface area contributed by atoms with Crippen molar-refractivity contribution in [3.05, 3.63) is 34.9 Å². The topological polar surface area (TPSA) is 43.9 Å². The molecule has 2 aliphatic heterocycles. The second-order valence-corrected chi connectivity index (χ2v) is 15.1. The van der Waals surface area contributed by atoms with E-state index in [9.17, 15) is 18.4 Å². The van der Waals surface area contributed by atoms with Crippen LogP contribution < -0.4 is 0 Å². The third-order valence-corrected chi connectivity index (χ3v) is 10.0. The van der Waals surface area contributed by atoms with Gasteiger partial charge in [-0.05, 0) is 89.8 Å². The van der Waals surface area contributed by atoms with Crippen molar-refractivity contribution in [1.82, 2.24) is 14.7 Å². The Labute approximate surface area is 256 Å². The van der Waals surface area contributed by atoms with Crippen LogP contribution in [0.1, 0.15) is 92.1 Å². The van der Waals surface area contributed by atoms with Crippen molar-refractivity contribution < 1.29 is 18.4 Å². The fraction of sp³-hybridized carbons (Fsp3) is 0.750. The van der Waals surface area contributed by atoms with E-state index < -0.39 is 17.7 Å². The summed E-state index contributed by atoms with van der Waals surface area (Å²) in [5.41, 5.74) is -0.542. The summed E-state index contributed by atoms with van der Waals surface area (Å²) in [4.78, 5) is 33.9. The first kappa shape index (κ1) is 34.1. The summed E-state index contributed by atoms with van der Waals surface area (Å²) in [5.74, 6) is -0.555. The number of benzene rings is 1. The molecule has 0 radical (unpaired) electrons. The lowest BCUT2D eigenvalue weighted by molar-refractivity contribution is -0.156. The number of likely N-dealkylation sites (tertiary alicyclic amines) is 2. The van der Waals surface area contributed by atoms with Crippen LogP contribution in [-0.4, -0.2) is 76.7 Å². The number of carbonyl (C=O) groups excluding carboxylic acids is 2. The highest BCUT2D eigenvalue weighted by molar-refractivity contribution is 6.30. The van der Waals surface area contributed by atoms with Gasteiger partial charge >= 0.3 is 0 Å². The van der Waals surface area contributed by atoms with Gasteiger partial charge in [0.05, 0.1) is 12.0 Å². The van der Waals surface area contributed by atoms with Crippen LogP contribution in [0.2, 0.25) is 5.02 Å². The molecular weight excluding hydrogens is 567 g/mol. The van der Waals surface area contributed by atoms with Crippen molar-refractivity contribution in [3.63, 3.8) is 0 Å². The van der Waals surface area contributed by atoms with E-state index in [2.05, 4.69) is 39.5 Å². The normalized spacial score (nSPS) is 25.8. The lowest BCUT2D eigenvalue weighted by Crippen LogP contribution is -2.56. The van der Waals surface area contributed by atoms with Gasteiger partial charge in [0, 0.05) is 48.7 Å². The molecule has 0 aromatic heterocycles. The van der Waals surface area contributed by atoms with Gasteiger partial charge < -0.3 is 9.80 Å². The zero-order chi connectivity index (χ0) is 29.6. The highest BCUT2D eigenvalue weighted by atomic mass is 35.5. The van der Waals surface area contributed by atoms with Gasteiger partial charge in [-0.15, -0.1) is 12.4 Å². The molecule has 3 aliphatic rings. The molecule has 2 heterocycles. The molecule has 0 spiro atoms. The zero-order valence-corrected chi connectivity index (χ0v) is 27.3. The Hall–Kier alpha value is -1.44. The smallest absolute Gasteiger partial charge is 0.252 e. The van der Waals surface area contributed by atoms with E-state index in [1.54, 1.807) is 4.90 Å². The van der Waals surface area contributed by atoms with Crippen molar-refractivity contribution >= 4 is 35.8 Å². The first-order chi connectivity index (χ1) is 18.5. The number of amides is 2. The standard InChI is InChI=1S/C32H48ClF2N3O2.ClH/c1-30(2,3)37-19-25(21-8-10-22(33)11-9-21)26(20-37)27(39)36-17-14-24(18-36)38(29(40)32(6,7)28(34)35)23-12-15-31(4,5)16-13-23;/h8-11,23-26,28H,12-20H2,1-7H3;1H/t24-,25-,26+;/m0./s1. The van der Waals surface area contributed by atoms with Gasteiger partial charge in [0.25, 0.3) is 6.43 Å². The van der Waals surface area contributed by atoms with E-state index in [1.807, 2.05) is 29.2 Å². The number of halogens is 4. The van der Waals surface area contributed by atoms with Gasteiger partial charge in [-0.2, -0.15) is 0 Å². The number of nitrogens with zero attached hydrogens (tertiary/aromatic N) is 3. The Kier molecular flexibility index (Phi) is 10.5. The lowest BCUT2D eigenvalue weighted by Gasteiger charge is -2.45. The van der Waals surface area contributed by atoms with E-state index in [4.69, 9.17) is 11.6 Å². The van der Waals surface area contributed by atoms with Gasteiger partial charge in [0.1, 0.15) is 5.41 Å². The third kappa shape index (κ3) is 7.38. The average molecular weight is 617 g/mol. The summed E-state index contributed by atoms with van der Waals surface area (Å²) in [6.45, 7) is 16.1. The van der Waals surface area contributed by atoms with Crippen molar-refractivity contribution in [1.29, 1.82) is 0 Å². The number of carbonyl (C=O) groups is 2. The highest BCUT2D eigenvalue weighted by Gasteiger charge is 2.49. The molecule has 3 fully saturated rings. The van der Waals surface area contributed by atoms with Gasteiger partial charge in [0.15, 0.2) is 0 Å². The Morgan fingerprint density at radius 3 is 2.07 bits per heavy atom. The molecule has 0 unspecified atom stereocenters. The summed E-state index contributed by atoms with van der Waals surface area (Å²) in [6, 6.07) is 7.49. The van der Waals surface area contributed by atoms with Crippen LogP contribution >= 0.6 is 24.0 Å². The fourth-order valence-corrected chi connectivity index (χ4v) is 6.90. The molecule has 9 heteroatoms. The minimum absolute atomic E-state index is 0. The summed E-state index contributed by atoms with van der Waals surface area (Å²) in [7, 11) is 0. The Morgan fingerprint density at radius 1 is 0.951 bits per heavy atom. The number of hydrogen-bond donors (Lipinski definition) is 0. The number of rotatable bonds is 6. The third-order valence-electron chi connectivity index (χ3n) is 9.79. The molecule has 4 rings (SSSR count). The molecule has 232 valence electrons. The van der Waals surface area contributed by atoms with Crippen molar-refractivity contribution in [3.8, 4) is 0 Å². The van der Waals surface area contributed by atoms with Gasteiger partial charge in [0.2, 0.25) is 11.8 Å². The summed E-state index contributed by atoms with van der Waals surface area (Å²) in [5, 5.41) is 0.669. The molecular formula is C32H49Cl2F2N3O2. The molecule has 0 N–H and O–H groups in total. The van der Waals surface area contributed by atoms with E-state index in [0.29, 0.717) is 31.1 Å². The van der Waals surface area contributed by atoms with E-state index in [1.165, 1.54) is 13.8 Å². The van der Waals surface area contributed by atoms with Crippen LogP contribution in [0.3, 0.4) is 0 Å². The number of hydrogen-bond acceptors (Lipinski definition) is 3. The zero-order valence-electron chi connectivity index (χ0n) is 25.8. The van der Waals surface area contributed by atoms with E-state index >= 15 is 0 Å². The van der Waals surface area contributed by atoms with Crippen LogP contribution in [0.25, 0.3) is 0 Å². The monoisotopic (exact) mass is 615 g/mol. The Balaban J connectivity index is 0.00000462. The predicted molar refractivity (Wildman–Crippen MR) is 164 cm³/mol. The minimum atomic E-state index is -2.75. The summed E-state index contributed by atoms with van der Waals surface area (Å²) >= 11 is 6.16. The molecule has 41 heavy (non-hydrogen) atoms. The second kappa shape index (κ2) is 12.7. The van der Waals surface area contributed by atoms with Crippen LogP contribution in [0.15, 0.2) is 24.3 Å². The molecule has 0 bridgehead atoms. The molecule has 1 aromatic rings. The first-order valence-corrected chi connectivity index (χ1v) is 15.3. The molecule has 2 saturated heterocycles. The largest absolute Gasteiger partial charge is 0.340 e. The van der Waals surface area contributed by atoms with E-state index in [-0.39, 0.29) is 53.2 Å². The summed E-state index contributed by atoms with van der Waals surface area (Å²) < 4.78 is 28.1. The molecule has 3 atom stereocenters. The van der Waals surface area contributed by atoms with Gasteiger partial charge in [-0.25, -0.2) is 8.78 Å². The molecule has 5 nitrogen and oxygen atoms in total. The maximum atomic E-state index is 14.1. The average Bonchev–Trinajstić information content (AvgIpc) is 3.53. The fourth-order valence-electron chi connectivity index (χ4n) is 6.77. The van der Waals surface area contributed by atoms with Crippen molar-refractivity contribution in [2.45, 2.75) is 111 Å². The Morgan fingerprint density at radius 2 is 1.54 bits per heavy atom. The van der Waals surface area contributed by atoms with Crippen molar-refractivity contribution in [2.75, 3.05) is 26.2 Å². The second-order valence-electron chi connectivity index (χ2n) is 14.7. The molecule has 1 saturated carbocycles. The maximum Gasteiger partial charge on any atom is 0.252 e. The van der Waals surface area contributed by atoms with Crippen LogP contribution in [0.5, 0.6) is 0 Å². The van der Waals surface area contributed by atoms with E-state index in [0.717, 1.165) is 37.8 Å². The Bertz CT molecular complexity index is 1060. The van der Waals surface area contributed by atoms with Crippen LogP contribution in [0, 0.1) is 16.7 Å². The molecule has 1 aromatic carbocycles. The molecule has 1 aliphatic carbocycles. The molecule has 2 amide bonds. The predicted octanol–water partition coefficient (Wildman–Crippen LogP) is 7.27. The first-order valence-electron chi connectivity index (χ1n) is 14.9. The van der Waals surface area contributed by atoms with Crippen LogP contribution in [0.4, 0.5) is 8.78 Å². The quantitative estimate of drug-likeness (QED) is 0.338. The van der Waals surface area contributed by atoms with Crippen molar-refractivity contribution in [2.24, 2.45) is 16.7 Å². The van der Waals surface area contributed by atoms with Gasteiger partial charge in [-0.1, -0.05) is 37.6 Å². The minimum Gasteiger partial charge on any atom is -0.340 e. The SMILES string of the molecule is CC1(C)CCC(N(C(=O)C(C)(C)C(F)F)[C@H]2CCN(C(=O)[C@@H]3CN(C(C)(C)C)C[C@H]3c3ccc(Cl)cc3)C2)CC1.Cl. The highest BCUT2D eigenvalue weighted by Crippen LogP contribution is 2.42. The number of alkyl halides is 2. The van der Waals surface area contributed by atoms with Gasteiger partial charge in [-0.3, -0.25) is 14.5 Å². The maximum absolute atomic E-state index is 14.1.